The van der Waals surface area contributed by atoms with Crippen LogP contribution in [-0.2, 0) is 0 Å². The molecule has 1 heteroatoms. The zero-order chi connectivity index (χ0) is 10.8. The van der Waals surface area contributed by atoms with Gasteiger partial charge in [0.15, 0.2) is 0 Å². The Morgan fingerprint density at radius 2 is 1.47 bits per heavy atom. The molecule has 0 aliphatic heterocycles. The van der Waals surface area contributed by atoms with Crippen molar-refractivity contribution in [3.63, 3.8) is 0 Å². The van der Waals surface area contributed by atoms with E-state index < -0.39 is 0 Å². The van der Waals surface area contributed by atoms with E-state index in [-0.39, 0.29) is 0 Å². The third kappa shape index (κ3) is 1.67. The van der Waals surface area contributed by atoms with Crippen molar-refractivity contribution in [3.8, 4) is 18.0 Å². The predicted octanol–water partition coefficient (Wildman–Crippen LogP) is 3.08. The first-order valence-corrected chi connectivity index (χ1v) is 4.94. The molecule has 1 heterocycles. The highest BCUT2D eigenvalue weighted by Crippen LogP contribution is 2.16. The largest absolute Gasteiger partial charge is 0.319 e. The molecule has 0 saturated carbocycles. The van der Waals surface area contributed by atoms with Crippen LogP contribution in [0.1, 0.15) is 17.0 Å². The fraction of sp³-hybridized carbons (Fsp3) is 0.143. The fourth-order valence-electron chi connectivity index (χ4n) is 1.78. The molecule has 74 valence electrons. The van der Waals surface area contributed by atoms with Crippen LogP contribution in [0.2, 0.25) is 0 Å². The Morgan fingerprint density at radius 3 is 1.93 bits per heavy atom. The average Bonchev–Trinajstić information content (AvgIpc) is 2.59. The SMILES string of the molecule is C#Cc1ccc(-n2c(C)ccc2C)cc1. The molecule has 0 unspecified atom stereocenters. The van der Waals surface area contributed by atoms with Crippen LogP contribution >= 0.6 is 0 Å². The first-order valence-electron chi connectivity index (χ1n) is 4.94. The van der Waals surface area contributed by atoms with Gasteiger partial charge < -0.3 is 4.57 Å². The van der Waals surface area contributed by atoms with Crippen LogP contribution < -0.4 is 0 Å². The van der Waals surface area contributed by atoms with Gasteiger partial charge >= 0.3 is 0 Å². The first kappa shape index (κ1) is 9.61. The Bertz CT molecular complexity index is 490. The van der Waals surface area contributed by atoms with E-state index in [0.717, 1.165) is 11.3 Å². The lowest BCUT2D eigenvalue weighted by molar-refractivity contribution is 0.966. The lowest BCUT2D eigenvalue weighted by Gasteiger charge is -2.09. The van der Waals surface area contributed by atoms with Gasteiger partial charge in [0, 0.05) is 22.6 Å². The summed E-state index contributed by atoms with van der Waals surface area (Å²) in [5.74, 6) is 2.62. The summed E-state index contributed by atoms with van der Waals surface area (Å²) in [5, 5.41) is 0. The number of hydrogen-bond donors (Lipinski definition) is 0. The Hall–Kier alpha value is -1.94. The van der Waals surface area contributed by atoms with Crippen LogP contribution in [0.3, 0.4) is 0 Å². The van der Waals surface area contributed by atoms with Crippen molar-refractivity contribution >= 4 is 0 Å². The minimum Gasteiger partial charge on any atom is -0.319 e. The van der Waals surface area contributed by atoms with Gasteiger partial charge in [-0.1, -0.05) is 5.92 Å². The van der Waals surface area contributed by atoms with Gasteiger partial charge in [0.25, 0.3) is 0 Å². The summed E-state index contributed by atoms with van der Waals surface area (Å²) in [4.78, 5) is 0. The van der Waals surface area contributed by atoms with Gasteiger partial charge in [-0.15, -0.1) is 6.42 Å². The molecule has 0 aliphatic rings. The molecule has 0 aliphatic carbocycles. The summed E-state index contributed by atoms with van der Waals surface area (Å²) in [5.41, 5.74) is 4.55. The van der Waals surface area contributed by atoms with Crippen molar-refractivity contribution in [2.24, 2.45) is 0 Å². The quantitative estimate of drug-likeness (QED) is 0.616. The smallest absolute Gasteiger partial charge is 0.0455 e. The maximum absolute atomic E-state index is 5.32. The molecule has 0 N–H and O–H groups in total. The highest BCUT2D eigenvalue weighted by atomic mass is 15.0. The molecular formula is C14H13N. The molecule has 0 amide bonds. The van der Waals surface area contributed by atoms with Crippen LogP contribution in [-0.4, -0.2) is 4.57 Å². The van der Waals surface area contributed by atoms with Gasteiger partial charge in [0.1, 0.15) is 0 Å². The second-order valence-corrected chi connectivity index (χ2v) is 3.64. The highest BCUT2D eigenvalue weighted by Gasteiger charge is 2.02. The van der Waals surface area contributed by atoms with Crippen LogP contribution in [0.25, 0.3) is 5.69 Å². The van der Waals surface area contributed by atoms with E-state index in [1.165, 1.54) is 11.4 Å². The van der Waals surface area contributed by atoms with Gasteiger partial charge in [-0.05, 0) is 50.2 Å². The number of nitrogens with zero attached hydrogens (tertiary/aromatic N) is 1. The topological polar surface area (TPSA) is 4.93 Å². The Kier molecular flexibility index (Phi) is 2.35. The number of rotatable bonds is 1. The van der Waals surface area contributed by atoms with Gasteiger partial charge in [0.2, 0.25) is 0 Å². The molecule has 0 fully saturated rings. The number of aryl methyl sites for hydroxylation is 2. The van der Waals surface area contributed by atoms with Gasteiger partial charge in [-0.2, -0.15) is 0 Å². The minimum absolute atomic E-state index is 0.918. The summed E-state index contributed by atoms with van der Waals surface area (Å²) >= 11 is 0. The van der Waals surface area contributed by atoms with Crippen molar-refractivity contribution in [1.82, 2.24) is 4.57 Å². The summed E-state index contributed by atoms with van der Waals surface area (Å²) in [7, 11) is 0. The van der Waals surface area contributed by atoms with Crippen LogP contribution in [0, 0.1) is 26.2 Å². The lowest BCUT2D eigenvalue weighted by atomic mass is 10.2. The van der Waals surface area contributed by atoms with E-state index in [2.05, 4.69) is 48.6 Å². The van der Waals surface area contributed by atoms with E-state index in [1.807, 2.05) is 12.1 Å². The first-order chi connectivity index (χ1) is 7.22. The number of hydrogen-bond acceptors (Lipinski definition) is 0. The Morgan fingerprint density at radius 1 is 0.933 bits per heavy atom. The van der Waals surface area contributed by atoms with E-state index >= 15 is 0 Å². The maximum Gasteiger partial charge on any atom is 0.0455 e. The summed E-state index contributed by atoms with van der Waals surface area (Å²) in [6.45, 7) is 4.20. The summed E-state index contributed by atoms with van der Waals surface area (Å²) in [6.07, 6.45) is 5.32. The molecule has 0 radical (unpaired) electrons. The predicted molar refractivity (Wildman–Crippen MR) is 63.2 cm³/mol. The molecular weight excluding hydrogens is 182 g/mol. The Labute approximate surface area is 90.4 Å². The molecule has 15 heavy (non-hydrogen) atoms. The second-order valence-electron chi connectivity index (χ2n) is 3.64. The van der Waals surface area contributed by atoms with E-state index in [0.29, 0.717) is 0 Å². The van der Waals surface area contributed by atoms with E-state index in [1.54, 1.807) is 0 Å². The summed E-state index contributed by atoms with van der Waals surface area (Å²) in [6, 6.07) is 12.3. The summed E-state index contributed by atoms with van der Waals surface area (Å²) < 4.78 is 2.21. The van der Waals surface area contributed by atoms with E-state index in [9.17, 15) is 0 Å². The minimum atomic E-state index is 0.918. The molecule has 0 spiro atoms. The zero-order valence-electron chi connectivity index (χ0n) is 8.99. The molecule has 0 atom stereocenters. The molecule has 2 aromatic rings. The number of benzene rings is 1. The van der Waals surface area contributed by atoms with Crippen molar-refractivity contribution < 1.29 is 0 Å². The van der Waals surface area contributed by atoms with Crippen molar-refractivity contribution in [1.29, 1.82) is 0 Å². The number of terminal acetylenes is 1. The van der Waals surface area contributed by atoms with Crippen molar-refractivity contribution in [2.45, 2.75) is 13.8 Å². The highest BCUT2D eigenvalue weighted by molar-refractivity contribution is 5.43. The molecule has 0 bridgehead atoms. The van der Waals surface area contributed by atoms with Gasteiger partial charge in [-0.3, -0.25) is 0 Å². The third-order valence-corrected chi connectivity index (χ3v) is 2.56. The van der Waals surface area contributed by atoms with Crippen molar-refractivity contribution in [3.05, 3.63) is 53.3 Å². The maximum atomic E-state index is 5.32. The molecule has 1 aromatic carbocycles. The van der Waals surface area contributed by atoms with Crippen LogP contribution in [0.5, 0.6) is 0 Å². The average molecular weight is 195 g/mol. The molecule has 1 aromatic heterocycles. The van der Waals surface area contributed by atoms with E-state index in [4.69, 9.17) is 6.42 Å². The van der Waals surface area contributed by atoms with Gasteiger partial charge in [0.05, 0.1) is 0 Å². The van der Waals surface area contributed by atoms with Crippen LogP contribution in [0.15, 0.2) is 36.4 Å². The van der Waals surface area contributed by atoms with Crippen molar-refractivity contribution in [2.75, 3.05) is 0 Å². The standard InChI is InChI=1S/C14H13N/c1-4-13-7-9-14(10-8-13)15-11(2)5-6-12(15)3/h1,5-10H,2-3H3. The monoisotopic (exact) mass is 195 g/mol. The van der Waals surface area contributed by atoms with Crippen LogP contribution in [0.4, 0.5) is 0 Å². The number of aromatic nitrogens is 1. The third-order valence-electron chi connectivity index (χ3n) is 2.56. The van der Waals surface area contributed by atoms with Gasteiger partial charge in [-0.25, -0.2) is 0 Å². The molecule has 2 rings (SSSR count). The Balaban J connectivity index is 2.51. The molecule has 0 saturated heterocycles. The normalized spacial score (nSPS) is 9.93. The molecule has 1 nitrogen and oxygen atoms in total. The lowest BCUT2D eigenvalue weighted by Crippen LogP contribution is -1.98. The fourth-order valence-corrected chi connectivity index (χ4v) is 1.78. The zero-order valence-corrected chi connectivity index (χ0v) is 8.99. The second kappa shape index (κ2) is 3.67.